The van der Waals surface area contributed by atoms with Gasteiger partial charge in [-0.2, -0.15) is 0 Å². The molecule has 1 aromatic rings. The molecule has 0 heterocycles. The minimum atomic E-state index is 0.0398. The second kappa shape index (κ2) is 6.67. The Bertz CT molecular complexity index is 393. The number of thiol groups is 1. The lowest BCUT2D eigenvalue weighted by atomic mass is 10.1. The Morgan fingerprint density at radius 3 is 2.76 bits per heavy atom. The van der Waals surface area contributed by atoms with Crippen LogP contribution in [0, 0.1) is 6.92 Å². The molecule has 17 heavy (non-hydrogen) atoms. The van der Waals surface area contributed by atoms with E-state index in [1.807, 2.05) is 32.0 Å². The Kier molecular flexibility index (Phi) is 5.51. The largest absolute Gasteiger partial charge is 0.383 e. The van der Waals surface area contributed by atoms with Crippen molar-refractivity contribution in [3.63, 3.8) is 0 Å². The Hall–Kier alpha value is -1.00. The zero-order valence-corrected chi connectivity index (χ0v) is 11.5. The van der Waals surface area contributed by atoms with Crippen LogP contribution in [0.15, 0.2) is 23.1 Å². The molecule has 0 saturated carbocycles. The Labute approximate surface area is 108 Å². The molecule has 0 aliphatic rings. The summed E-state index contributed by atoms with van der Waals surface area (Å²) in [6, 6.07) is 5.62. The molecule has 1 amide bonds. The average molecular weight is 253 g/mol. The van der Waals surface area contributed by atoms with Gasteiger partial charge in [0.05, 0.1) is 6.61 Å². The number of benzene rings is 1. The zero-order chi connectivity index (χ0) is 12.8. The first-order chi connectivity index (χ1) is 8.10. The lowest BCUT2D eigenvalue weighted by molar-refractivity contribution is 0.0705. The summed E-state index contributed by atoms with van der Waals surface area (Å²) in [4.78, 5) is 14.9. The number of hydrogen-bond donors (Lipinski definition) is 1. The maximum Gasteiger partial charge on any atom is 0.254 e. The summed E-state index contributed by atoms with van der Waals surface area (Å²) < 4.78 is 5.01. The van der Waals surface area contributed by atoms with Gasteiger partial charge >= 0.3 is 0 Å². The van der Waals surface area contributed by atoms with E-state index in [0.29, 0.717) is 19.7 Å². The minimum Gasteiger partial charge on any atom is -0.383 e. The average Bonchev–Trinajstić information content (AvgIpc) is 2.33. The lowest BCUT2D eigenvalue weighted by Gasteiger charge is -2.21. The second-order valence-corrected chi connectivity index (χ2v) is 4.39. The maximum atomic E-state index is 12.3. The first kappa shape index (κ1) is 14.1. The summed E-state index contributed by atoms with van der Waals surface area (Å²) in [5, 5.41) is 0. The van der Waals surface area contributed by atoms with E-state index in [4.69, 9.17) is 4.74 Å². The Morgan fingerprint density at radius 1 is 1.47 bits per heavy atom. The van der Waals surface area contributed by atoms with Gasteiger partial charge in [0.25, 0.3) is 5.91 Å². The van der Waals surface area contributed by atoms with E-state index >= 15 is 0 Å². The molecule has 0 aromatic heterocycles. The van der Waals surface area contributed by atoms with Crippen molar-refractivity contribution in [2.75, 3.05) is 26.8 Å². The molecule has 0 fully saturated rings. The molecule has 0 saturated heterocycles. The zero-order valence-electron chi connectivity index (χ0n) is 10.6. The lowest BCUT2D eigenvalue weighted by Crippen LogP contribution is -2.34. The normalized spacial score (nSPS) is 10.4. The Balaban J connectivity index is 2.89. The van der Waals surface area contributed by atoms with Gasteiger partial charge in [-0.05, 0) is 31.5 Å². The number of likely N-dealkylation sites (N-methyl/N-ethyl adjacent to an activating group) is 1. The minimum absolute atomic E-state index is 0.0398. The molecule has 0 radical (unpaired) electrons. The van der Waals surface area contributed by atoms with Crippen LogP contribution in [-0.2, 0) is 4.74 Å². The summed E-state index contributed by atoms with van der Waals surface area (Å²) >= 11 is 4.27. The summed E-state index contributed by atoms with van der Waals surface area (Å²) in [6.45, 7) is 5.75. The number of methoxy groups -OCH3 is 1. The predicted molar refractivity (Wildman–Crippen MR) is 71.9 cm³/mol. The fraction of sp³-hybridized carbons (Fsp3) is 0.462. The van der Waals surface area contributed by atoms with E-state index in [-0.39, 0.29) is 5.91 Å². The Morgan fingerprint density at radius 2 is 2.18 bits per heavy atom. The molecule has 3 nitrogen and oxygen atoms in total. The van der Waals surface area contributed by atoms with Gasteiger partial charge in [0, 0.05) is 30.7 Å². The van der Waals surface area contributed by atoms with E-state index in [1.54, 1.807) is 12.0 Å². The van der Waals surface area contributed by atoms with Gasteiger partial charge in [0.15, 0.2) is 0 Å². The number of rotatable bonds is 5. The monoisotopic (exact) mass is 253 g/mol. The number of carbonyl (C=O) groups excluding carboxylic acids is 1. The van der Waals surface area contributed by atoms with Crippen LogP contribution in [0.25, 0.3) is 0 Å². The van der Waals surface area contributed by atoms with Gasteiger partial charge in [-0.15, -0.1) is 12.6 Å². The molecule has 0 aliphatic carbocycles. The molecule has 0 N–H and O–H groups in total. The number of amides is 1. The molecular formula is C13H19NO2S. The highest BCUT2D eigenvalue weighted by molar-refractivity contribution is 7.80. The quantitative estimate of drug-likeness (QED) is 0.817. The highest BCUT2D eigenvalue weighted by atomic mass is 32.1. The fourth-order valence-electron chi connectivity index (χ4n) is 1.62. The van der Waals surface area contributed by atoms with Crippen LogP contribution in [0.2, 0.25) is 0 Å². The molecule has 1 rings (SSSR count). The molecule has 0 unspecified atom stereocenters. The third-order valence-electron chi connectivity index (χ3n) is 2.69. The third kappa shape index (κ3) is 3.75. The molecule has 1 aromatic carbocycles. The number of aryl methyl sites for hydroxylation is 1. The van der Waals surface area contributed by atoms with E-state index < -0.39 is 0 Å². The molecule has 0 aliphatic heterocycles. The van der Waals surface area contributed by atoms with Crippen LogP contribution in [0.1, 0.15) is 22.8 Å². The fourth-order valence-corrected chi connectivity index (χ4v) is 1.82. The van der Waals surface area contributed by atoms with E-state index in [1.165, 1.54) is 0 Å². The maximum absolute atomic E-state index is 12.3. The highest BCUT2D eigenvalue weighted by Crippen LogP contribution is 2.16. The first-order valence-corrected chi connectivity index (χ1v) is 6.12. The van der Waals surface area contributed by atoms with E-state index in [9.17, 15) is 4.79 Å². The predicted octanol–water partition coefficient (Wildman–Crippen LogP) is 2.39. The standard InChI is InChI=1S/C13H19NO2S/c1-4-14(7-8-16-3)13(15)12-9-11(17)6-5-10(12)2/h5-6,9,17H,4,7-8H2,1-3H3. The summed E-state index contributed by atoms with van der Waals surface area (Å²) in [6.07, 6.45) is 0. The molecular weight excluding hydrogens is 234 g/mol. The summed E-state index contributed by atoms with van der Waals surface area (Å²) in [5.74, 6) is 0.0398. The second-order valence-electron chi connectivity index (χ2n) is 3.88. The summed E-state index contributed by atoms with van der Waals surface area (Å²) in [7, 11) is 1.64. The smallest absolute Gasteiger partial charge is 0.254 e. The van der Waals surface area contributed by atoms with Gasteiger partial charge in [0.1, 0.15) is 0 Å². The van der Waals surface area contributed by atoms with Crippen molar-refractivity contribution >= 4 is 18.5 Å². The van der Waals surface area contributed by atoms with Crippen molar-refractivity contribution in [3.8, 4) is 0 Å². The van der Waals surface area contributed by atoms with Gasteiger partial charge < -0.3 is 9.64 Å². The first-order valence-electron chi connectivity index (χ1n) is 5.68. The van der Waals surface area contributed by atoms with Crippen LogP contribution in [0.4, 0.5) is 0 Å². The topological polar surface area (TPSA) is 29.5 Å². The molecule has 4 heteroatoms. The number of nitrogens with zero attached hydrogens (tertiary/aromatic N) is 1. The highest BCUT2D eigenvalue weighted by Gasteiger charge is 2.15. The van der Waals surface area contributed by atoms with Crippen molar-refractivity contribution in [1.82, 2.24) is 4.90 Å². The van der Waals surface area contributed by atoms with E-state index in [0.717, 1.165) is 16.0 Å². The van der Waals surface area contributed by atoms with Gasteiger partial charge in [-0.3, -0.25) is 4.79 Å². The van der Waals surface area contributed by atoms with Crippen LogP contribution < -0.4 is 0 Å². The van der Waals surface area contributed by atoms with Crippen molar-refractivity contribution in [2.45, 2.75) is 18.7 Å². The van der Waals surface area contributed by atoms with Crippen molar-refractivity contribution in [3.05, 3.63) is 29.3 Å². The number of hydrogen-bond acceptors (Lipinski definition) is 3. The van der Waals surface area contributed by atoms with Crippen LogP contribution >= 0.6 is 12.6 Å². The third-order valence-corrected chi connectivity index (χ3v) is 2.96. The van der Waals surface area contributed by atoms with Gasteiger partial charge in [-0.25, -0.2) is 0 Å². The molecule has 0 bridgehead atoms. The van der Waals surface area contributed by atoms with Gasteiger partial charge in [0.2, 0.25) is 0 Å². The summed E-state index contributed by atoms with van der Waals surface area (Å²) in [5.41, 5.74) is 1.69. The van der Waals surface area contributed by atoms with Crippen molar-refractivity contribution in [1.29, 1.82) is 0 Å². The molecule has 0 spiro atoms. The SMILES string of the molecule is CCN(CCOC)C(=O)c1cc(S)ccc1C. The van der Waals surface area contributed by atoms with E-state index in [2.05, 4.69) is 12.6 Å². The van der Waals surface area contributed by atoms with Crippen LogP contribution in [-0.4, -0.2) is 37.6 Å². The molecule has 0 atom stereocenters. The van der Waals surface area contributed by atoms with Gasteiger partial charge in [-0.1, -0.05) is 6.07 Å². The van der Waals surface area contributed by atoms with Crippen molar-refractivity contribution < 1.29 is 9.53 Å². The van der Waals surface area contributed by atoms with Crippen molar-refractivity contribution in [2.24, 2.45) is 0 Å². The number of carbonyl (C=O) groups is 1. The number of ether oxygens (including phenoxy) is 1. The molecule has 94 valence electrons. The van der Waals surface area contributed by atoms with Crippen LogP contribution in [0.3, 0.4) is 0 Å². The van der Waals surface area contributed by atoms with Crippen LogP contribution in [0.5, 0.6) is 0 Å².